The number of fused-ring (bicyclic) bond motifs is 2. The molecule has 1 aromatic carbocycles. The smallest absolute Gasteiger partial charge is 0.248 e. The first-order valence-electron chi connectivity index (χ1n) is 7.10. The van der Waals surface area contributed by atoms with E-state index in [1.54, 1.807) is 0 Å². The number of amides is 1. The zero-order chi connectivity index (χ0) is 13.1. The first-order valence-corrected chi connectivity index (χ1v) is 7.10. The van der Waals surface area contributed by atoms with Crippen LogP contribution >= 0.6 is 0 Å². The second-order valence-electron chi connectivity index (χ2n) is 5.46. The highest BCUT2D eigenvalue weighted by Gasteiger charge is 2.27. The molecule has 0 aromatic heterocycles. The minimum absolute atomic E-state index is 0. The van der Waals surface area contributed by atoms with Crippen LogP contribution in [0.2, 0.25) is 0 Å². The van der Waals surface area contributed by atoms with Gasteiger partial charge in [0.25, 0.3) is 0 Å². The molecule has 0 radical (unpaired) electrons. The lowest BCUT2D eigenvalue weighted by molar-refractivity contribution is -0.112. The van der Waals surface area contributed by atoms with Gasteiger partial charge in [0.05, 0.1) is 0 Å². The Bertz CT molecular complexity index is 481. The van der Waals surface area contributed by atoms with Crippen molar-refractivity contribution >= 4 is 11.6 Å². The van der Waals surface area contributed by atoms with E-state index in [0.717, 1.165) is 25.2 Å². The van der Waals surface area contributed by atoms with Gasteiger partial charge < -0.3 is 10.2 Å². The van der Waals surface area contributed by atoms with E-state index in [0.29, 0.717) is 5.92 Å². The van der Waals surface area contributed by atoms with Crippen LogP contribution in [0.3, 0.4) is 0 Å². The number of rotatable bonds is 2. The maximum atomic E-state index is 12.0. The molecule has 3 nitrogen and oxygen atoms in total. The SMILES string of the molecule is C.O=C(C=C1CCN2CCCC1C2)Nc1ccccc1. The summed E-state index contributed by atoms with van der Waals surface area (Å²) in [5.41, 5.74) is 2.20. The molecular formula is C17H24N2O. The molecule has 108 valence electrons. The van der Waals surface area contributed by atoms with Crippen molar-refractivity contribution < 1.29 is 4.79 Å². The third-order valence-electron chi connectivity index (χ3n) is 4.10. The van der Waals surface area contributed by atoms with E-state index in [1.165, 1.54) is 25.0 Å². The number of nitrogens with one attached hydrogen (secondary N) is 1. The standard InChI is InChI=1S/C16H20N2O.CH4/c19-16(17-15-6-2-1-3-7-15)11-13-8-10-18-9-4-5-14(13)12-18;/h1-3,6-7,11,14H,4-5,8-10,12H2,(H,17,19);1H4. The summed E-state index contributed by atoms with van der Waals surface area (Å²) in [6.07, 6.45) is 5.39. The van der Waals surface area contributed by atoms with Crippen molar-refractivity contribution in [2.45, 2.75) is 26.7 Å². The largest absolute Gasteiger partial charge is 0.323 e. The Morgan fingerprint density at radius 2 is 2.05 bits per heavy atom. The third-order valence-corrected chi connectivity index (χ3v) is 4.10. The molecule has 20 heavy (non-hydrogen) atoms. The van der Waals surface area contributed by atoms with Gasteiger partial charge in [-0.2, -0.15) is 0 Å². The maximum Gasteiger partial charge on any atom is 0.248 e. The van der Waals surface area contributed by atoms with Gasteiger partial charge in [0.2, 0.25) is 5.91 Å². The first-order chi connectivity index (χ1) is 9.31. The predicted molar refractivity (Wildman–Crippen MR) is 83.7 cm³/mol. The molecule has 2 saturated heterocycles. The van der Waals surface area contributed by atoms with Crippen molar-refractivity contribution in [3.05, 3.63) is 42.0 Å². The van der Waals surface area contributed by atoms with Gasteiger partial charge in [0, 0.05) is 24.9 Å². The fraction of sp³-hybridized carbons (Fsp3) is 0.471. The molecule has 0 spiro atoms. The van der Waals surface area contributed by atoms with E-state index in [-0.39, 0.29) is 13.3 Å². The van der Waals surface area contributed by atoms with Crippen molar-refractivity contribution in [3.63, 3.8) is 0 Å². The highest BCUT2D eigenvalue weighted by Crippen LogP contribution is 2.30. The molecule has 0 saturated carbocycles. The fourth-order valence-corrected chi connectivity index (χ4v) is 3.11. The minimum Gasteiger partial charge on any atom is -0.323 e. The number of carbonyl (C=O) groups excluding carboxylic acids is 1. The van der Waals surface area contributed by atoms with Gasteiger partial charge in [-0.25, -0.2) is 0 Å². The van der Waals surface area contributed by atoms with Gasteiger partial charge in [-0.3, -0.25) is 4.79 Å². The van der Waals surface area contributed by atoms with Crippen LogP contribution in [-0.4, -0.2) is 30.4 Å². The molecule has 2 unspecified atom stereocenters. The summed E-state index contributed by atoms with van der Waals surface area (Å²) in [6, 6.07) is 9.65. The van der Waals surface area contributed by atoms with E-state index in [4.69, 9.17) is 0 Å². The number of para-hydroxylation sites is 1. The molecule has 2 fully saturated rings. The molecule has 2 heterocycles. The molecule has 2 aliphatic heterocycles. The average molecular weight is 272 g/mol. The molecule has 1 aromatic rings. The number of nitrogens with zero attached hydrogens (tertiary/aromatic N) is 1. The Morgan fingerprint density at radius 1 is 1.25 bits per heavy atom. The number of hydrogen-bond donors (Lipinski definition) is 1. The zero-order valence-electron chi connectivity index (χ0n) is 11.1. The highest BCUT2D eigenvalue weighted by molar-refractivity contribution is 5.99. The van der Waals surface area contributed by atoms with E-state index < -0.39 is 0 Å². The normalized spacial score (nSPS) is 26.7. The van der Waals surface area contributed by atoms with Crippen LogP contribution in [-0.2, 0) is 4.79 Å². The van der Waals surface area contributed by atoms with Gasteiger partial charge in [-0.1, -0.05) is 31.2 Å². The van der Waals surface area contributed by atoms with Crippen LogP contribution in [0.15, 0.2) is 42.0 Å². The average Bonchev–Trinajstić information content (AvgIpc) is 2.44. The second-order valence-corrected chi connectivity index (χ2v) is 5.46. The Morgan fingerprint density at radius 3 is 2.85 bits per heavy atom. The Kier molecular flexibility index (Phi) is 4.96. The van der Waals surface area contributed by atoms with E-state index in [2.05, 4.69) is 10.2 Å². The molecular weight excluding hydrogens is 248 g/mol. The molecule has 2 atom stereocenters. The van der Waals surface area contributed by atoms with Crippen LogP contribution in [0.1, 0.15) is 26.7 Å². The van der Waals surface area contributed by atoms with Crippen molar-refractivity contribution in [2.75, 3.05) is 25.0 Å². The Balaban J connectivity index is 0.00000147. The monoisotopic (exact) mass is 272 g/mol. The van der Waals surface area contributed by atoms with Crippen molar-refractivity contribution in [2.24, 2.45) is 5.92 Å². The van der Waals surface area contributed by atoms with E-state index in [1.807, 2.05) is 36.4 Å². The van der Waals surface area contributed by atoms with Crippen LogP contribution in [0, 0.1) is 5.92 Å². The zero-order valence-corrected chi connectivity index (χ0v) is 11.1. The molecule has 0 aliphatic carbocycles. The van der Waals surface area contributed by atoms with Crippen molar-refractivity contribution in [3.8, 4) is 0 Å². The van der Waals surface area contributed by atoms with Gasteiger partial charge in [0.1, 0.15) is 0 Å². The lowest BCUT2D eigenvalue weighted by Crippen LogP contribution is -2.41. The molecule has 2 aliphatic rings. The summed E-state index contributed by atoms with van der Waals surface area (Å²) in [5, 5.41) is 2.93. The molecule has 1 N–H and O–H groups in total. The lowest BCUT2D eigenvalue weighted by Gasteiger charge is -2.39. The van der Waals surface area contributed by atoms with E-state index >= 15 is 0 Å². The fourth-order valence-electron chi connectivity index (χ4n) is 3.11. The number of carbonyl (C=O) groups is 1. The quantitative estimate of drug-likeness (QED) is 0.838. The van der Waals surface area contributed by atoms with Gasteiger partial charge in [-0.05, 0) is 43.9 Å². The minimum atomic E-state index is 0. The van der Waals surface area contributed by atoms with Crippen molar-refractivity contribution in [1.82, 2.24) is 4.90 Å². The molecule has 3 rings (SSSR count). The van der Waals surface area contributed by atoms with Crippen LogP contribution in [0.5, 0.6) is 0 Å². The van der Waals surface area contributed by atoms with E-state index in [9.17, 15) is 4.79 Å². The van der Waals surface area contributed by atoms with Gasteiger partial charge in [0.15, 0.2) is 0 Å². The number of benzene rings is 1. The van der Waals surface area contributed by atoms with Crippen molar-refractivity contribution in [1.29, 1.82) is 0 Å². The summed E-state index contributed by atoms with van der Waals surface area (Å²) in [7, 11) is 0. The first kappa shape index (κ1) is 14.8. The number of piperidine rings is 2. The molecule has 1 amide bonds. The molecule has 3 heteroatoms. The third kappa shape index (κ3) is 3.48. The summed E-state index contributed by atoms with van der Waals surface area (Å²) in [5.74, 6) is 0.615. The summed E-state index contributed by atoms with van der Waals surface area (Å²) in [6.45, 7) is 3.49. The highest BCUT2D eigenvalue weighted by atomic mass is 16.1. The summed E-state index contributed by atoms with van der Waals surface area (Å²) >= 11 is 0. The summed E-state index contributed by atoms with van der Waals surface area (Å²) < 4.78 is 0. The Labute approximate surface area is 121 Å². The molecule has 2 bridgehead atoms. The van der Waals surface area contributed by atoms with Gasteiger partial charge >= 0.3 is 0 Å². The Hall–Kier alpha value is -1.61. The number of anilines is 1. The van der Waals surface area contributed by atoms with Crippen LogP contribution in [0.4, 0.5) is 5.69 Å². The maximum absolute atomic E-state index is 12.0. The lowest BCUT2D eigenvalue weighted by atomic mass is 9.84. The summed E-state index contributed by atoms with van der Waals surface area (Å²) in [4.78, 5) is 14.6. The predicted octanol–water partition coefficient (Wildman–Crippen LogP) is 3.30. The van der Waals surface area contributed by atoms with Gasteiger partial charge in [-0.15, -0.1) is 0 Å². The second kappa shape index (κ2) is 6.71. The van der Waals surface area contributed by atoms with Crippen LogP contribution in [0.25, 0.3) is 0 Å². The topological polar surface area (TPSA) is 32.3 Å². The number of hydrogen-bond acceptors (Lipinski definition) is 2. The van der Waals surface area contributed by atoms with Crippen LogP contribution < -0.4 is 5.32 Å².